The Bertz CT molecular complexity index is 2260. The Morgan fingerprint density at radius 2 is 1.02 bits per heavy atom. The van der Waals surface area contributed by atoms with Crippen LogP contribution in [0.5, 0.6) is 0 Å². The molecule has 8 saturated carbocycles. The molecular formula is C50H49NS. The van der Waals surface area contributed by atoms with Gasteiger partial charge in [-0.25, -0.2) is 0 Å². The van der Waals surface area contributed by atoms with Gasteiger partial charge in [0.1, 0.15) is 0 Å². The quantitative estimate of drug-likeness (QED) is 0.168. The molecule has 1 nitrogen and oxygen atoms in total. The third-order valence-electron chi connectivity index (χ3n) is 15.3. The Balaban J connectivity index is 1.00. The van der Waals surface area contributed by atoms with Gasteiger partial charge in [0.05, 0.1) is 0 Å². The largest absolute Gasteiger partial charge is 0.310 e. The number of hydrogen-bond donors (Lipinski definition) is 0. The molecule has 6 aromatic rings. The SMILES string of the molecule is c1ccc(N(c2ccc(-c3cccc(C4C5CC6CC(C5)CC4C6)c3)c(C3C4CC5CC(C4)CC3C5)c2)c2ccc3c(c2)sc2ccccc23)cc1. The number of thiophene rings is 1. The smallest absolute Gasteiger partial charge is 0.0476 e. The van der Waals surface area contributed by atoms with Gasteiger partial charge >= 0.3 is 0 Å². The molecule has 8 aliphatic carbocycles. The van der Waals surface area contributed by atoms with Crippen LogP contribution < -0.4 is 4.90 Å². The van der Waals surface area contributed by atoms with E-state index in [1.54, 1.807) is 11.1 Å². The normalized spacial score (nSPS) is 32.6. The van der Waals surface area contributed by atoms with Crippen molar-refractivity contribution in [1.29, 1.82) is 0 Å². The van der Waals surface area contributed by atoms with Crippen LogP contribution in [0.2, 0.25) is 0 Å². The summed E-state index contributed by atoms with van der Waals surface area (Å²) < 4.78 is 2.73. The van der Waals surface area contributed by atoms with Crippen molar-refractivity contribution in [2.75, 3.05) is 4.90 Å². The van der Waals surface area contributed by atoms with Crippen LogP contribution in [0.3, 0.4) is 0 Å². The van der Waals surface area contributed by atoms with Crippen LogP contribution >= 0.6 is 11.3 Å². The fourth-order valence-electron chi connectivity index (χ4n) is 13.9. The third-order valence-corrected chi connectivity index (χ3v) is 16.5. The van der Waals surface area contributed by atoms with Crippen molar-refractivity contribution in [3.05, 3.63) is 126 Å². The van der Waals surface area contributed by atoms with Gasteiger partial charge in [-0.2, -0.15) is 0 Å². The third kappa shape index (κ3) is 4.85. The van der Waals surface area contributed by atoms with Gasteiger partial charge in [0.15, 0.2) is 0 Å². The lowest BCUT2D eigenvalue weighted by Crippen LogP contribution is -2.44. The van der Waals surface area contributed by atoms with Gasteiger partial charge in [0.2, 0.25) is 0 Å². The van der Waals surface area contributed by atoms with E-state index in [1.165, 1.54) is 113 Å². The zero-order valence-electron chi connectivity index (χ0n) is 30.2. The van der Waals surface area contributed by atoms with Crippen molar-refractivity contribution < 1.29 is 0 Å². The fraction of sp³-hybridized carbons (Fsp3) is 0.400. The van der Waals surface area contributed by atoms with E-state index >= 15 is 0 Å². The average Bonchev–Trinajstić information content (AvgIpc) is 3.53. The van der Waals surface area contributed by atoms with E-state index in [4.69, 9.17) is 0 Å². The maximum Gasteiger partial charge on any atom is 0.0476 e. The molecule has 0 atom stereocenters. The lowest BCUT2D eigenvalue weighted by Gasteiger charge is -2.55. The summed E-state index contributed by atoms with van der Waals surface area (Å²) in [6.45, 7) is 0. The molecule has 1 aromatic heterocycles. The topological polar surface area (TPSA) is 3.24 Å². The molecule has 0 amide bonds. The van der Waals surface area contributed by atoms with Crippen molar-refractivity contribution in [2.24, 2.45) is 47.3 Å². The Hall–Kier alpha value is -3.88. The minimum atomic E-state index is 0.662. The van der Waals surface area contributed by atoms with E-state index in [0.29, 0.717) is 5.92 Å². The summed E-state index contributed by atoms with van der Waals surface area (Å²) in [4.78, 5) is 2.54. The second-order valence-corrected chi connectivity index (χ2v) is 19.3. The van der Waals surface area contributed by atoms with E-state index in [1.807, 2.05) is 11.3 Å². The maximum atomic E-state index is 2.67. The Labute approximate surface area is 313 Å². The summed E-state index contributed by atoms with van der Waals surface area (Å²) in [6, 6.07) is 44.9. The number of anilines is 3. The highest BCUT2D eigenvalue weighted by Crippen LogP contribution is 2.62. The van der Waals surface area contributed by atoms with Crippen LogP contribution in [0.1, 0.15) is 87.2 Å². The number of para-hydroxylation sites is 1. The first kappa shape index (κ1) is 30.6. The molecule has 5 aromatic carbocycles. The van der Waals surface area contributed by atoms with E-state index in [2.05, 4.69) is 120 Å². The summed E-state index contributed by atoms with van der Waals surface area (Å²) in [5.74, 6) is 8.90. The molecule has 0 aliphatic heterocycles. The van der Waals surface area contributed by atoms with Crippen LogP contribution in [0.15, 0.2) is 115 Å². The molecule has 8 aliphatic rings. The highest BCUT2D eigenvalue weighted by atomic mass is 32.1. The number of hydrogen-bond acceptors (Lipinski definition) is 2. The molecule has 8 bridgehead atoms. The summed E-state index contributed by atoms with van der Waals surface area (Å²) in [7, 11) is 0. The minimum absolute atomic E-state index is 0.662. The molecule has 8 fully saturated rings. The molecule has 1 heterocycles. The van der Waals surface area contributed by atoms with Crippen molar-refractivity contribution >= 4 is 48.6 Å². The second kappa shape index (κ2) is 11.8. The lowest BCUT2D eigenvalue weighted by molar-refractivity contribution is -0.00280. The predicted molar refractivity (Wildman–Crippen MR) is 219 cm³/mol. The average molecular weight is 696 g/mol. The first-order chi connectivity index (χ1) is 25.7. The molecular weight excluding hydrogens is 647 g/mol. The van der Waals surface area contributed by atoms with Gasteiger partial charge in [-0.3, -0.25) is 0 Å². The standard InChI is InChI=1S/C50H49NS/c1-2-9-40(10-3-1)51(42-14-16-45-44-11-4-5-12-47(44)52-48(45)29-42)41-13-15-43(46(28-41)50-38-23-32-18-33(25-38)26-39(50)24-32)34-7-6-8-35(27-34)49-36-19-30-17-31(21-36)22-37(49)20-30/h1-16,27-33,36-39,49-50H,17-26H2. The van der Waals surface area contributed by atoms with Crippen LogP contribution in [0, 0.1) is 47.3 Å². The summed E-state index contributed by atoms with van der Waals surface area (Å²) >= 11 is 1.92. The second-order valence-electron chi connectivity index (χ2n) is 18.3. The zero-order valence-corrected chi connectivity index (χ0v) is 31.0. The van der Waals surface area contributed by atoms with E-state index in [-0.39, 0.29) is 0 Å². The molecule has 0 radical (unpaired) electrons. The van der Waals surface area contributed by atoms with Gasteiger partial charge in [0, 0.05) is 37.2 Å². The summed E-state index contributed by atoms with van der Waals surface area (Å²) in [5, 5.41) is 2.73. The number of rotatable bonds is 6. The highest BCUT2D eigenvalue weighted by molar-refractivity contribution is 7.25. The van der Waals surface area contributed by atoms with Crippen LogP contribution in [0.25, 0.3) is 31.3 Å². The van der Waals surface area contributed by atoms with Crippen molar-refractivity contribution in [2.45, 2.75) is 76.0 Å². The molecule has 2 heteroatoms. The maximum absolute atomic E-state index is 2.67. The number of benzene rings is 5. The minimum Gasteiger partial charge on any atom is -0.310 e. The van der Waals surface area contributed by atoms with Crippen molar-refractivity contribution in [3.63, 3.8) is 0 Å². The van der Waals surface area contributed by atoms with Gasteiger partial charge in [-0.05, 0) is 188 Å². The summed E-state index contributed by atoms with van der Waals surface area (Å²) in [6.07, 6.45) is 14.7. The van der Waals surface area contributed by atoms with E-state index < -0.39 is 0 Å². The monoisotopic (exact) mass is 695 g/mol. The van der Waals surface area contributed by atoms with Crippen molar-refractivity contribution in [3.8, 4) is 11.1 Å². The number of fused-ring (bicyclic) bond motifs is 3. The van der Waals surface area contributed by atoms with Gasteiger partial charge in [-0.1, -0.05) is 72.8 Å². The van der Waals surface area contributed by atoms with Gasteiger partial charge < -0.3 is 4.90 Å². The van der Waals surface area contributed by atoms with Crippen molar-refractivity contribution in [1.82, 2.24) is 0 Å². The van der Waals surface area contributed by atoms with Crippen LogP contribution in [0.4, 0.5) is 17.1 Å². The van der Waals surface area contributed by atoms with Crippen LogP contribution in [-0.4, -0.2) is 0 Å². The first-order valence-corrected chi connectivity index (χ1v) is 21.5. The molecule has 0 spiro atoms. The predicted octanol–water partition coefficient (Wildman–Crippen LogP) is 14.3. The van der Waals surface area contributed by atoms with Crippen LogP contribution in [-0.2, 0) is 0 Å². The van der Waals surface area contributed by atoms with E-state index in [9.17, 15) is 0 Å². The molecule has 14 rings (SSSR count). The summed E-state index contributed by atoms with van der Waals surface area (Å²) in [5.41, 5.74) is 10.1. The van der Waals surface area contributed by atoms with Gasteiger partial charge in [0.25, 0.3) is 0 Å². The molecule has 0 N–H and O–H groups in total. The Morgan fingerprint density at radius 3 is 1.73 bits per heavy atom. The molecule has 260 valence electrons. The molecule has 52 heavy (non-hydrogen) atoms. The van der Waals surface area contributed by atoms with Gasteiger partial charge in [-0.15, -0.1) is 11.3 Å². The molecule has 0 saturated heterocycles. The highest BCUT2D eigenvalue weighted by Gasteiger charge is 2.50. The first-order valence-electron chi connectivity index (χ1n) is 20.7. The Kier molecular flexibility index (Phi) is 6.94. The zero-order chi connectivity index (χ0) is 33.9. The Morgan fingerprint density at radius 1 is 0.423 bits per heavy atom. The van der Waals surface area contributed by atoms with E-state index in [0.717, 1.165) is 53.3 Å². The lowest BCUT2D eigenvalue weighted by atomic mass is 9.50. The molecule has 0 unspecified atom stereocenters. The fourth-order valence-corrected chi connectivity index (χ4v) is 15.1. The number of nitrogens with zero attached hydrogens (tertiary/aromatic N) is 1.